The summed E-state index contributed by atoms with van der Waals surface area (Å²) in [5, 5.41) is 4.22. The summed E-state index contributed by atoms with van der Waals surface area (Å²) >= 11 is 0. The van der Waals surface area contributed by atoms with Crippen molar-refractivity contribution in [2.75, 3.05) is 13.7 Å². The van der Waals surface area contributed by atoms with Crippen molar-refractivity contribution < 1.29 is 17.5 Å². The first-order valence-electron chi connectivity index (χ1n) is 8.37. The molecule has 0 spiro atoms. The van der Waals surface area contributed by atoms with E-state index in [-0.39, 0.29) is 29.4 Å². The molecule has 0 aliphatic carbocycles. The van der Waals surface area contributed by atoms with Crippen molar-refractivity contribution >= 4 is 10.0 Å². The number of rotatable bonds is 7. The molecular weight excluding hydrogens is 385 g/mol. The molecule has 0 saturated carbocycles. The van der Waals surface area contributed by atoms with Gasteiger partial charge in [0.1, 0.15) is 11.6 Å². The molecule has 0 amide bonds. The second-order valence-corrected chi connectivity index (χ2v) is 7.63. The Hall–Kier alpha value is -3.04. The lowest BCUT2D eigenvalue weighted by molar-refractivity contribution is 0.414. The van der Waals surface area contributed by atoms with Crippen molar-refractivity contribution in [1.29, 1.82) is 0 Å². The molecule has 0 unspecified atom stereocenters. The first-order chi connectivity index (χ1) is 13.4. The Bertz CT molecular complexity index is 1110. The normalized spacial score (nSPS) is 11.4. The second-order valence-electron chi connectivity index (χ2n) is 5.86. The lowest BCUT2D eigenvalue weighted by atomic mass is 10.1. The van der Waals surface area contributed by atoms with Gasteiger partial charge in [0, 0.05) is 18.2 Å². The molecule has 0 aliphatic rings. The van der Waals surface area contributed by atoms with Crippen LogP contribution in [0.5, 0.6) is 5.75 Å². The predicted molar refractivity (Wildman–Crippen MR) is 102 cm³/mol. The Kier molecular flexibility index (Phi) is 5.86. The molecule has 7 nitrogen and oxygen atoms in total. The highest BCUT2D eigenvalue weighted by Crippen LogP contribution is 2.16. The Morgan fingerprint density at radius 3 is 2.36 bits per heavy atom. The molecule has 0 aliphatic heterocycles. The molecule has 0 atom stereocenters. The fraction of sp³-hybridized carbons (Fsp3) is 0.158. The lowest BCUT2D eigenvalue weighted by Crippen LogP contribution is -2.32. The van der Waals surface area contributed by atoms with Gasteiger partial charge in [0.15, 0.2) is 0 Å². The van der Waals surface area contributed by atoms with Crippen LogP contribution in [0.15, 0.2) is 70.4 Å². The van der Waals surface area contributed by atoms with Gasteiger partial charge >= 0.3 is 0 Å². The highest BCUT2D eigenvalue weighted by atomic mass is 32.2. The molecule has 0 saturated heterocycles. The topological polar surface area (TPSA) is 90.3 Å². The SMILES string of the molecule is COc1ccc(S(=O)(=O)NCCn2nc(-c3ccc(F)cc3)ccc2=O)cc1. The van der Waals surface area contributed by atoms with Gasteiger partial charge in [-0.2, -0.15) is 5.10 Å². The molecule has 3 rings (SSSR count). The van der Waals surface area contributed by atoms with Gasteiger partial charge in [-0.25, -0.2) is 22.2 Å². The van der Waals surface area contributed by atoms with Crippen LogP contribution in [-0.4, -0.2) is 31.9 Å². The van der Waals surface area contributed by atoms with Crippen LogP contribution < -0.4 is 15.0 Å². The number of aromatic nitrogens is 2. The van der Waals surface area contributed by atoms with E-state index in [2.05, 4.69) is 9.82 Å². The zero-order valence-corrected chi connectivity index (χ0v) is 15.8. The largest absolute Gasteiger partial charge is 0.497 e. The summed E-state index contributed by atoms with van der Waals surface area (Å²) in [5.41, 5.74) is 0.765. The number of methoxy groups -OCH3 is 1. The summed E-state index contributed by atoms with van der Waals surface area (Å²) in [7, 11) is -2.23. The number of sulfonamides is 1. The van der Waals surface area contributed by atoms with Crippen molar-refractivity contribution in [2.24, 2.45) is 0 Å². The van der Waals surface area contributed by atoms with Crippen LogP contribution in [0.25, 0.3) is 11.3 Å². The Balaban J connectivity index is 1.70. The van der Waals surface area contributed by atoms with E-state index in [4.69, 9.17) is 4.74 Å². The van der Waals surface area contributed by atoms with E-state index in [9.17, 15) is 17.6 Å². The maximum absolute atomic E-state index is 13.1. The highest BCUT2D eigenvalue weighted by molar-refractivity contribution is 7.89. The molecule has 9 heteroatoms. The van der Waals surface area contributed by atoms with Crippen LogP contribution in [0.1, 0.15) is 0 Å². The number of nitrogens with zero attached hydrogens (tertiary/aromatic N) is 2. The minimum absolute atomic E-state index is 0.0197. The van der Waals surface area contributed by atoms with E-state index in [0.29, 0.717) is 17.0 Å². The minimum atomic E-state index is -3.73. The Morgan fingerprint density at radius 1 is 1.04 bits per heavy atom. The van der Waals surface area contributed by atoms with Crippen LogP contribution in [0, 0.1) is 5.82 Å². The van der Waals surface area contributed by atoms with Gasteiger partial charge < -0.3 is 4.74 Å². The third-order valence-electron chi connectivity index (χ3n) is 3.99. The van der Waals surface area contributed by atoms with Crippen LogP contribution in [0.2, 0.25) is 0 Å². The lowest BCUT2D eigenvalue weighted by Gasteiger charge is -2.09. The summed E-state index contributed by atoms with van der Waals surface area (Å²) < 4.78 is 46.3. The molecule has 2 aromatic carbocycles. The number of ether oxygens (including phenoxy) is 1. The third-order valence-corrected chi connectivity index (χ3v) is 5.47. The van der Waals surface area contributed by atoms with Crippen molar-refractivity contribution in [1.82, 2.24) is 14.5 Å². The van der Waals surface area contributed by atoms with Crippen molar-refractivity contribution in [3.8, 4) is 17.0 Å². The molecule has 28 heavy (non-hydrogen) atoms. The van der Waals surface area contributed by atoms with Crippen LogP contribution in [0.4, 0.5) is 4.39 Å². The quantitative estimate of drug-likeness (QED) is 0.652. The van der Waals surface area contributed by atoms with Gasteiger partial charge in [0.2, 0.25) is 10.0 Å². The van der Waals surface area contributed by atoms with Gasteiger partial charge in [-0.15, -0.1) is 0 Å². The number of nitrogens with one attached hydrogen (secondary N) is 1. The maximum atomic E-state index is 13.1. The zero-order valence-electron chi connectivity index (χ0n) is 15.0. The van der Waals surface area contributed by atoms with E-state index in [0.717, 1.165) is 4.68 Å². The van der Waals surface area contributed by atoms with E-state index >= 15 is 0 Å². The fourth-order valence-electron chi connectivity index (χ4n) is 2.51. The standard InChI is InChI=1S/C19H18FN3O4S/c1-27-16-6-8-17(9-7-16)28(25,26)21-12-13-23-19(24)11-10-18(22-23)14-2-4-15(20)5-3-14/h2-11,21H,12-13H2,1H3. The monoisotopic (exact) mass is 403 g/mol. The first-order valence-corrected chi connectivity index (χ1v) is 9.85. The molecule has 0 bridgehead atoms. The van der Waals surface area contributed by atoms with Crippen molar-refractivity contribution in [3.63, 3.8) is 0 Å². The fourth-order valence-corrected chi connectivity index (χ4v) is 3.53. The van der Waals surface area contributed by atoms with Crippen LogP contribution >= 0.6 is 0 Å². The number of hydrogen-bond acceptors (Lipinski definition) is 5. The summed E-state index contributed by atoms with van der Waals surface area (Å²) in [4.78, 5) is 12.1. The van der Waals surface area contributed by atoms with Gasteiger partial charge in [-0.1, -0.05) is 0 Å². The molecule has 3 aromatic rings. The average Bonchev–Trinajstić information content (AvgIpc) is 2.70. The highest BCUT2D eigenvalue weighted by Gasteiger charge is 2.14. The molecular formula is C19H18FN3O4S. The third kappa shape index (κ3) is 4.62. The van der Waals surface area contributed by atoms with Gasteiger partial charge in [0.25, 0.3) is 5.56 Å². The Morgan fingerprint density at radius 2 is 1.71 bits per heavy atom. The zero-order chi connectivity index (χ0) is 20.1. The molecule has 1 aromatic heterocycles. The van der Waals surface area contributed by atoms with Crippen molar-refractivity contribution in [2.45, 2.75) is 11.4 Å². The Labute approximate surface area is 161 Å². The average molecular weight is 403 g/mol. The summed E-state index contributed by atoms with van der Waals surface area (Å²) in [6, 6.07) is 14.5. The van der Waals surface area contributed by atoms with Crippen LogP contribution in [-0.2, 0) is 16.6 Å². The van der Waals surface area contributed by atoms with Crippen molar-refractivity contribution in [3.05, 3.63) is 76.8 Å². The summed E-state index contributed by atoms with van der Waals surface area (Å²) in [6.45, 7) is 0.0252. The second kappa shape index (κ2) is 8.32. The summed E-state index contributed by atoms with van der Waals surface area (Å²) in [6.07, 6.45) is 0. The van der Waals surface area contributed by atoms with Gasteiger partial charge in [-0.05, 0) is 54.6 Å². The van der Waals surface area contributed by atoms with E-state index in [1.54, 1.807) is 24.3 Å². The number of hydrogen-bond donors (Lipinski definition) is 1. The number of halogens is 1. The minimum Gasteiger partial charge on any atom is -0.497 e. The van der Waals surface area contributed by atoms with Crippen LogP contribution in [0.3, 0.4) is 0 Å². The van der Waals surface area contributed by atoms with E-state index in [1.807, 2.05) is 0 Å². The molecule has 146 valence electrons. The maximum Gasteiger partial charge on any atom is 0.266 e. The first kappa shape index (κ1) is 19.7. The molecule has 0 radical (unpaired) electrons. The van der Waals surface area contributed by atoms with Gasteiger partial charge in [-0.3, -0.25) is 4.79 Å². The summed E-state index contributed by atoms with van der Waals surface area (Å²) in [5.74, 6) is 0.178. The van der Waals surface area contributed by atoms with E-state index < -0.39 is 10.0 Å². The smallest absolute Gasteiger partial charge is 0.266 e. The molecule has 0 fully saturated rings. The predicted octanol–water partition coefficient (Wildman–Crippen LogP) is 2.04. The molecule has 1 N–H and O–H groups in total. The van der Waals surface area contributed by atoms with E-state index in [1.165, 1.54) is 43.5 Å². The van der Waals surface area contributed by atoms with Gasteiger partial charge in [0.05, 0.1) is 24.2 Å². The number of benzene rings is 2. The molecule has 1 heterocycles.